The van der Waals surface area contributed by atoms with Crippen molar-refractivity contribution >= 4 is 27.5 Å². The van der Waals surface area contributed by atoms with Gasteiger partial charge in [-0.2, -0.15) is 0 Å². The Hall–Kier alpha value is -1.13. The molecule has 1 nitrogen and oxygen atoms in total. The Morgan fingerprint density at radius 2 is 1.90 bits per heavy atom. The molecule has 5 heteroatoms. The van der Waals surface area contributed by atoms with Crippen molar-refractivity contribution < 1.29 is 13.5 Å². The van der Waals surface area contributed by atoms with Crippen molar-refractivity contribution in [1.82, 2.24) is 0 Å². The minimum atomic E-state index is -0.857. The topological polar surface area (TPSA) is 9.23 Å². The van der Waals surface area contributed by atoms with Gasteiger partial charge >= 0.3 is 0 Å². The number of halogens is 4. The van der Waals surface area contributed by atoms with Crippen LogP contribution in [0.4, 0.5) is 8.78 Å². The molecule has 0 aromatic heterocycles. The summed E-state index contributed by atoms with van der Waals surface area (Å²) in [7, 11) is 0. The van der Waals surface area contributed by atoms with Gasteiger partial charge in [0, 0.05) is 0 Å². The Balaban J connectivity index is 2.14. The van der Waals surface area contributed by atoms with Gasteiger partial charge in [0.2, 0.25) is 0 Å². The van der Waals surface area contributed by atoms with E-state index in [0.717, 1.165) is 21.9 Å². The van der Waals surface area contributed by atoms with Crippen molar-refractivity contribution in [3.8, 4) is 5.75 Å². The molecular formula is C16H14BrClF2O. The van der Waals surface area contributed by atoms with Gasteiger partial charge in [0.15, 0.2) is 11.6 Å². The maximum atomic E-state index is 13.2. The first kappa shape index (κ1) is 16.2. The van der Waals surface area contributed by atoms with Crippen LogP contribution in [0.1, 0.15) is 23.4 Å². The maximum Gasteiger partial charge on any atom is 0.159 e. The van der Waals surface area contributed by atoms with E-state index in [1.165, 1.54) is 12.1 Å². The normalized spacial score (nSPS) is 12.2. The third-order valence-electron chi connectivity index (χ3n) is 3.02. The largest absolute Gasteiger partial charge is 0.493 e. The zero-order valence-corrected chi connectivity index (χ0v) is 13.7. The van der Waals surface area contributed by atoms with Gasteiger partial charge in [-0.15, -0.1) is 11.6 Å². The third kappa shape index (κ3) is 4.17. The van der Waals surface area contributed by atoms with Gasteiger partial charge in [-0.1, -0.05) is 12.1 Å². The van der Waals surface area contributed by atoms with Crippen LogP contribution in [0.2, 0.25) is 0 Å². The van der Waals surface area contributed by atoms with E-state index >= 15 is 0 Å². The van der Waals surface area contributed by atoms with Crippen LogP contribution in [0.15, 0.2) is 40.9 Å². The summed E-state index contributed by atoms with van der Waals surface area (Å²) in [4.78, 5) is 0. The molecule has 0 saturated heterocycles. The van der Waals surface area contributed by atoms with Gasteiger partial charge in [0.05, 0.1) is 16.5 Å². The Morgan fingerprint density at radius 3 is 2.52 bits per heavy atom. The highest BCUT2D eigenvalue weighted by molar-refractivity contribution is 9.10. The lowest BCUT2D eigenvalue weighted by atomic mass is 10.0. The summed E-state index contributed by atoms with van der Waals surface area (Å²) < 4.78 is 32.3. The Kier molecular flexibility index (Phi) is 5.59. The molecule has 0 aliphatic carbocycles. The second kappa shape index (κ2) is 7.23. The molecule has 0 fully saturated rings. The maximum absolute atomic E-state index is 13.2. The second-order valence-corrected chi connectivity index (χ2v) is 5.92. The first-order valence-corrected chi connectivity index (χ1v) is 7.74. The number of hydrogen-bond donors (Lipinski definition) is 0. The van der Waals surface area contributed by atoms with Crippen LogP contribution in [0.25, 0.3) is 0 Å². The van der Waals surface area contributed by atoms with Crippen LogP contribution in [-0.4, -0.2) is 6.61 Å². The predicted molar refractivity (Wildman–Crippen MR) is 84.0 cm³/mol. The molecule has 0 radical (unpaired) electrons. The predicted octanol–water partition coefficient (Wildman–Crippen LogP) is 5.65. The monoisotopic (exact) mass is 374 g/mol. The summed E-state index contributed by atoms with van der Waals surface area (Å²) in [5.41, 5.74) is 1.54. The molecule has 0 amide bonds. The van der Waals surface area contributed by atoms with Gasteiger partial charge in [-0.05, 0) is 64.7 Å². The van der Waals surface area contributed by atoms with E-state index in [1.54, 1.807) is 0 Å². The van der Waals surface area contributed by atoms with Crippen molar-refractivity contribution in [2.75, 3.05) is 6.61 Å². The molecule has 2 aromatic carbocycles. The zero-order chi connectivity index (χ0) is 15.4. The molecule has 21 heavy (non-hydrogen) atoms. The summed E-state index contributed by atoms with van der Waals surface area (Å²) in [5.74, 6) is -0.962. The zero-order valence-electron chi connectivity index (χ0n) is 11.4. The van der Waals surface area contributed by atoms with Crippen LogP contribution < -0.4 is 4.74 Å². The fourth-order valence-electron chi connectivity index (χ4n) is 1.98. The van der Waals surface area contributed by atoms with Crippen molar-refractivity contribution in [2.24, 2.45) is 0 Å². The number of ether oxygens (including phenoxy) is 1. The van der Waals surface area contributed by atoms with Crippen LogP contribution >= 0.6 is 27.5 Å². The average molecular weight is 376 g/mol. The molecule has 2 aromatic rings. The highest BCUT2D eigenvalue weighted by Gasteiger charge is 2.13. The molecule has 0 aliphatic heterocycles. The van der Waals surface area contributed by atoms with E-state index in [2.05, 4.69) is 15.9 Å². The first-order valence-electron chi connectivity index (χ1n) is 6.51. The Bertz CT molecular complexity index is 634. The Morgan fingerprint density at radius 1 is 1.14 bits per heavy atom. The van der Waals surface area contributed by atoms with Gasteiger partial charge in [-0.3, -0.25) is 0 Å². The van der Waals surface area contributed by atoms with E-state index in [4.69, 9.17) is 16.3 Å². The van der Waals surface area contributed by atoms with E-state index in [0.29, 0.717) is 18.6 Å². The third-order valence-corrected chi connectivity index (χ3v) is 4.04. The van der Waals surface area contributed by atoms with Crippen molar-refractivity contribution in [3.63, 3.8) is 0 Å². The summed E-state index contributed by atoms with van der Waals surface area (Å²) in [6.45, 7) is 2.49. The summed E-state index contributed by atoms with van der Waals surface area (Å²) in [6.07, 6.45) is 0.416. The van der Waals surface area contributed by atoms with E-state index in [-0.39, 0.29) is 5.38 Å². The quantitative estimate of drug-likeness (QED) is 0.614. The molecular weight excluding hydrogens is 362 g/mol. The lowest BCUT2D eigenvalue weighted by Crippen LogP contribution is -1.99. The standard InChI is InChI=1S/C16H14BrClF2O/c1-2-21-16-6-4-11(9-12(16)17)13(18)7-10-3-5-14(19)15(20)8-10/h3-6,8-9,13H,2,7H2,1H3. The SMILES string of the molecule is CCOc1ccc(C(Cl)Cc2ccc(F)c(F)c2)cc1Br. The van der Waals surface area contributed by atoms with E-state index < -0.39 is 11.6 Å². The lowest BCUT2D eigenvalue weighted by Gasteiger charge is -2.13. The highest BCUT2D eigenvalue weighted by atomic mass is 79.9. The van der Waals surface area contributed by atoms with Gasteiger partial charge in [0.1, 0.15) is 5.75 Å². The van der Waals surface area contributed by atoms with Crippen LogP contribution in [0.3, 0.4) is 0 Å². The van der Waals surface area contributed by atoms with Gasteiger partial charge in [-0.25, -0.2) is 8.78 Å². The Labute approximate surface area is 136 Å². The molecule has 1 unspecified atom stereocenters. The summed E-state index contributed by atoms with van der Waals surface area (Å²) in [5, 5.41) is -0.332. The fourth-order valence-corrected chi connectivity index (χ4v) is 2.80. The van der Waals surface area contributed by atoms with Gasteiger partial charge < -0.3 is 4.74 Å². The van der Waals surface area contributed by atoms with E-state index in [1.807, 2.05) is 25.1 Å². The van der Waals surface area contributed by atoms with Crippen LogP contribution in [-0.2, 0) is 6.42 Å². The van der Waals surface area contributed by atoms with E-state index in [9.17, 15) is 8.78 Å². The van der Waals surface area contributed by atoms with Crippen LogP contribution in [0, 0.1) is 11.6 Å². The number of alkyl halides is 1. The molecule has 2 rings (SSSR count). The molecule has 0 spiro atoms. The summed E-state index contributed by atoms with van der Waals surface area (Å²) in [6, 6.07) is 9.41. The minimum absolute atomic E-state index is 0.332. The van der Waals surface area contributed by atoms with Crippen LogP contribution in [0.5, 0.6) is 5.75 Å². The van der Waals surface area contributed by atoms with Crippen molar-refractivity contribution in [1.29, 1.82) is 0 Å². The smallest absolute Gasteiger partial charge is 0.159 e. The fraction of sp³-hybridized carbons (Fsp3) is 0.250. The molecule has 0 N–H and O–H groups in total. The summed E-state index contributed by atoms with van der Waals surface area (Å²) >= 11 is 9.79. The van der Waals surface area contributed by atoms with Gasteiger partial charge in [0.25, 0.3) is 0 Å². The molecule has 0 aliphatic rings. The second-order valence-electron chi connectivity index (χ2n) is 4.54. The first-order chi connectivity index (χ1) is 10.0. The molecule has 1 atom stereocenters. The average Bonchev–Trinajstić information content (AvgIpc) is 2.45. The molecule has 0 heterocycles. The minimum Gasteiger partial charge on any atom is -0.493 e. The highest BCUT2D eigenvalue weighted by Crippen LogP contribution is 2.32. The molecule has 0 saturated carbocycles. The van der Waals surface area contributed by atoms with Crippen molar-refractivity contribution in [2.45, 2.75) is 18.7 Å². The molecule has 112 valence electrons. The number of hydrogen-bond acceptors (Lipinski definition) is 1. The molecule has 0 bridgehead atoms. The number of rotatable bonds is 5. The lowest BCUT2D eigenvalue weighted by molar-refractivity contribution is 0.338. The van der Waals surface area contributed by atoms with Crippen molar-refractivity contribution in [3.05, 3.63) is 63.6 Å². The number of benzene rings is 2.